The van der Waals surface area contributed by atoms with Gasteiger partial charge in [-0.2, -0.15) is 0 Å². The van der Waals surface area contributed by atoms with Gasteiger partial charge in [0.1, 0.15) is 0 Å². The van der Waals surface area contributed by atoms with E-state index in [0.29, 0.717) is 18.9 Å². The molecule has 2 heterocycles. The first-order valence-electron chi connectivity index (χ1n) is 6.09. The molecule has 0 spiro atoms. The molecular formula is C11H16N4O4. The zero-order chi connectivity index (χ0) is 13.8. The number of carbonyl (C=O) groups excluding carboxylic acids is 1. The van der Waals surface area contributed by atoms with Crippen LogP contribution in [0.25, 0.3) is 0 Å². The second kappa shape index (κ2) is 5.79. The molecule has 1 fully saturated rings. The molecule has 2 rings (SSSR count). The van der Waals surface area contributed by atoms with Crippen LogP contribution in [-0.2, 0) is 9.59 Å². The fourth-order valence-electron chi connectivity index (χ4n) is 2.11. The van der Waals surface area contributed by atoms with Crippen molar-refractivity contribution in [2.45, 2.75) is 19.8 Å². The van der Waals surface area contributed by atoms with Gasteiger partial charge in [0, 0.05) is 13.5 Å². The van der Waals surface area contributed by atoms with Crippen LogP contribution in [0.5, 0.6) is 0 Å². The Morgan fingerprint density at radius 3 is 2.95 bits per heavy atom. The van der Waals surface area contributed by atoms with Crippen molar-refractivity contribution in [3.63, 3.8) is 0 Å². The zero-order valence-electron chi connectivity index (χ0n) is 10.6. The van der Waals surface area contributed by atoms with E-state index in [1.807, 2.05) is 4.90 Å². The van der Waals surface area contributed by atoms with Crippen LogP contribution in [0.2, 0.25) is 0 Å². The summed E-state index contributed by atoms with van der Waals surface area (Å²) >= 11 is 0. The first kappa shape index (κ1) is 13.5. The number of aryl methyl sites for hydroxylation is 1. The molecule has 1 aliphatic heterocycles. The maximum Gasteiger partial charge on any atom is 0.322 e. The molecule has 1 aromatic heterocycles. The smallest absolute Gasteiger partial charge is 0.322 e. The molecule has 0 saturated carbocycles. The van der Waals surface area contributed by atoms with Crippen molar-refractivity contribution in [1.29, 1.82) is 0 Å². The fourth-order valence-corrected chi connectivity index (χ4v) is 2.11. The summed E-state index contributed by atoms with van der Waals surface area (Å²) in [5.41, 5.74) is 0. The van der Waals surface area contributed by atoms with Gasteiger partial charge in [-0.1, -0.05) is 5.10 Å². The topological polar surface area (TPSA) is 109 Å². The lowest BCUT2D eigenvalue weighted by molar-refractivity contribution is -0.144. The van der Waals surface area contributed by atoms with Gasteiger partial charge in [-0.05, 0) is 19.4 Å². The summed E-state index contributed by atoms with van der Waals surface area (Å²) < 4.78 is 5.04. The van der Waals surface area contributed by atoms with Crippen LogP contribution in [0.15, 0.2) is 4.42 Å². The summed E-state index contributed by atoms with van der Waals surface area (Å²) in [4.78, 5) is 24.5. The van der Waals surface area contributed by atoms with E-state index in [0.717, 1.165) is 13.0 Å². The number of rotatable bonds is 4. The van der Waals surface area contributed by atoms with Crippen LogP contribution in [-0.4, -0.2) is 51.7 Å². The minimum atomic E-state index is -0.808. The molecule has 19 heavy (non-hydrogen) atoms. The number of anilines is 1. The molecule has 1 aliphatic rings. The standard InChI is InChI=1S/C11H16N4O4/c1-7-13-14-11(19-7)12-9(16)6-15-4-2-3-8(5-15)10(17)18/h8H,2-6H2,1H3,(H,17,18)(H,12,14,16). The Morgan fingerprint density at radius 2 is 2.32 bits per heavy atom. The van der Waals surface area contributed by atoms with Gasteiger partial charge in [-0.25, -0.2) is 0 Å². The third-order valence-corrected chi connectivity index (χ3v) is 2.99. The van der Waals surface area contributed by atoms with E-state index in [4.69, 9.17) is 9.52 Å². The van der Waals surface area contributed by atoms with E-state index >= 15 is 0 Å². The van der Waals surface area contributed by atoms with Crippen molar-refractivity contribution in [2.24, 2.45) is 5.92 Å². The zero-order valence-corrected chi connectivity index (χ0v) is 10.6. The Hall–Kier alpha value is -1.96. The van der Waals surface area contributed by atoms with Gasteiger partial charge < -0.3 is 9.52 Å². The number of aromatic nitrogens is 2. The van der Waals surface area contributed by atoms with Crippen LogP contribution < -0.4 is 5.32 Å². The maximum atomic E-state index is 11.7. The van der Waals surface area contributed by atoms with E-state index < -0.39 is 11.9 Å². The van der Waals surface area contributed by atoms with Gasteiger partial charge >= 0.3 is 12.0 Å². The Kier molecular flexibility index (Phi) is 4.10. The number of likely N-dealkylation sites (tertiary alicyclic amines) is 1. The molecule has 0 radical (unpaired) electrons. The quantitative estimate of drug-likeness (QED) is 0.797. The molecule has 0 bridgehead atoms. The molecule has 1 amide bonds. The number of hydrogen-bond donors (Lipinski definition) is 2. The maximum absolute atomic E-state index is 11.7. The highest BCUT2D eigenvalue weighted by Gasteiger charge is 2.26. The number of amides is 1. The largest absolute Gasteiger partial charge is 0.481 e. The number of hydrogen-bond acceptors (Lipinski definition) is 6. The summed E-state index contributed by atoms with van der Waals surface area (Å²) in [6, 6.07) is 0.0642. The van der Waals surface area contributed by atoms with E-state index in [1.54, 1.807) is 6.92 Å². The van der Waals surface area contributed by atoms with Gasteiger partial charge in [-0.15, -0.1) is 5.10 Å². The Labute approximate surface area is 109 Å². The number of piperidine rings is 1. The van der Waals surface area contributed by atoms with Gasteiger partial charge in [-0.3, -0.25) is 19.8 Å². The fraction of sp³-hybridized carbons (Fsp3) is 0.636. The third kappa shape index (κ3) is 3.75. The van der Waals surface area contributed by atoms with Gasteiger partial charge in [0.15, 0.2) is 0 Å². The Bertz CT molecular complexity index is 473. The lowest BCUT2D eigenvalue weighted by atomic mass is 9.98. The van der Waals surface area contributed by atoms with Gasteiger partial charge in [0.05, 0.1) is 12.5 Å². The summed E-state index contributed by atoms with van der Waals surface area (Å²) in [6.45, 7) is 2.88. The lowest BCUT2D eigenvalue weighted by Crippen LogP contribution is -2.42. The highest BCUT2D eigenvalue weighted by molar-refractivity contribution is 5.90. The lowest BCUT2D eigenvalue weighted by Gasteiger charge is -2.29. The number of nitrogens with one attached hydrogen (secondary N) is 1. The molecule has 1 saturated heterocycles. The highest BCUT2D eigenvalue weighted by atomic mass is 16.4. The van der Waals surface area contributed by atoms with Gasteiger partial charge in [0.2, 0.25) is 11.8 Å². The van der Waals surface area contributed by atoms with E-state index in [9.17, 15) is 9.59 Å². The average Bonchev–Trinajstić information content (AvgIpc) is 2.74. The Morgan fingerprint density at radius 1 is 1.53 bits per heavy atom. The van der Waals surface area contributed by atoms with Crippen molar-refractivity contribution in [1.82, 2.24) is 15.1 Å². The minimum absolute atomic E-state index is 0.0642. The number of carbonyl (C=O) groups is 2. The van der Waals surface area contributed by atoms with Crippen LogP contribution in [0.1, 0.15) is 18.7 Å². The normalized spacial score (nSPS) is 20.2. The van der Waals surface area contributed by atoms with Crippen molar-refractivity contribution in [3.05, 3.63) is 5.89 Å². The molecule has 1 atom stereocenters. The first-order chi connectivity index (χ1) is 9.04. The second-order valence-electron chi connectivity index (χ2n) is 4.59. The van der Waals surface area contributed by atoms with Crippen molar-refractivity contribution in [2.75, 3.05) is 25.0 Å². The number of aliphatic carboxylic acids is 1. The summed E-state index contributed by atoms with van der Waals surface area (Å²) in [5.74, 6) is -1.11. The van der Waals surface area contributed by atoms with Gasteiger partial charge in [0.25, 0.3) is 0 Å². The van der Waals surface area contributed by atoms with Crippen LogP contribution in [0.3, 0.4) is 0 Å². The van der Waals surface area contributed by atoms with Crippen molar-refractivity contribution in [3.8, 4) is 0 Å². The molecule has 0 aliphatic carbocycles. The molecule has 8 nitrogen and oxygen atoms in total. The molecule has 1 unspecified atom stereocenters. The predicted octanol–water partition coefficient (Wildman–Crippen LogP) is 0.113. The van der Waals surface area contributed by atoms with Crippen molar-refractivity contribution >= 4 is 17.9 Å². The molecule has 104 valence electrons. The highest BCUT2D eigenvalue weighted by Crippen LogP contribution is 2.16. The average molecular weight is 268 g/mol. The molecule has 8 heteroatoms. The summed E-state index contributed by atoms with van der Waals surface area (Å²) in [6.07, 6.45) is 1.44. The third-order valence-electron chi connectivity index (χ3n) is 2.99. The van der Waals surface area contributed by atoms with E-state index in [1.165, 1.54) is 0 Å². The first-order valence-corrected chi connectivity index (χ1v) is 6.09. The predicted molar refractivity (Wildman–Crippen MR) is 64.5 cm³/mol. The molecule has 1 aromatic rings. The van der Waals surface area contributed by atoms with Crippen molar-refractivity contribution < 1.29 is 19.1 Å². The second-order valence-corrected chi connectivity index (χ2v) is 4.59. The van der Waals surface area contributed by atoms with E-state index in [2.05, 4.69) is 15.5 Å². The monoisotopic (exact) mass is 268 g/mol. The molecule has 2 N–H and O–H groups in total. The van der Waals surface area contributed by atoms with Crippen LogP contribution in [0, 0.1) is 12.8 Å². The summed E-state index contributed by atoms with van der Waals surface area (Å²) in [5, 5.41) is 18.7. The SMILES string of the molecule is Cc1nnc(NC(=O)CN2CCCC(C(=O)O)C2)o1. The molecule has 0 aromatic carbocycles. The number of nitrogens with zero attached hydrogens (tertiary/aromatic N) is 3. The summed E-state index contributed by atoms with van der Waals surface area (Å²) in [7, 11) is 0. The minimum Gasteiger partial charge on any atom is -0.481 e. The number of carboxylic acid groups (broad SMARTS) is 1. The Balaban J connectivity index is 1.83. The van der Waals surface area contributed by atoms with E-state index in [-0.39, 0.29) is 18.5 Å². The molecular weight excluding hydrogens is 252 g/mol. The van der Waals surface area contributed by atoms with Crippen LogP contribution >= 0.6 is 0 Å². The number of carboxylic acids is 1. The van der Waals surface area contributed by atoms with Crippen LogP contribution in [0.4, 0.5) is 6.01 Å².